The maximum atomic E-state index is 12.5. The molecule has 1 aromatic rings. The lowest BCUT2D eigenvalue weighted by Crippen LogP contribution is -2.42. The number of nitrogens with one attached hydrogen (secondary N) is 2. The van der Waals surface area contributed by atoms with E-state index in [0.717, 1.165) is 24.8 Å². The Hall–Kier alpha value is -2.15. The molecule has 3 aliphatic heterocycles. The van der Waals surface area contributed by atoms with Gasteiger partial charge in [0, 0.05) is 43.9 Å². The molecule has 0 unspecified atom stereocenters. The lowest BCUT2D eigenvalue weighted by molar-refractivity contribution is 0.00554. The summed E-state index contributed by atoms with van der Waals surface area (Å²) in [4.78, 5) is 30.8. The van der Waals surface area contributed by atoms with Gasteiger partial charge in [0.15, 0.2) is 0 Å². The zero-order valence-corrected chi connectivity index (χ0v) is 16.0. The Labute approximate surface area is 159 Å². The van der Waals surface area contributed by atoms with Gasteiger partial charge in [0.05, 0.1) is 23.8 Å². The second kappa shape index (κ2) is 7.11. The van der Waals surface area contributed by atoms with Crippen LogP contribution in [0.5, 0.6) is 0 Å². The van der Waals surface area contributed by atoms with Gasteiger partial charge in [-0.3, -0.25) is 9.78 Å². The molecule has 146 valence electrons. The summed E-state index contributed by atoms with van der Waals surface area (Å²) >= 11 is 0. The number of hydrogen-bond acceptors (Lipinski definition) is 4. The number of amides is 3. The van der Waals surface area contributed by atoms with Crippen molar-refractivity contribution in [1.29, 1.82) is 0 Å². The van der Waals surface area contributed by atoms with Crippen molar-refractivity contribution in [2.75, 3.05) is 26.2 Å². The van der Waals surface area contributed by atoms with Crippen LogP contribution in [-0.2, 0) is 4.74 Å². The Bertz CT molecular complexity index is 740. The molecule has 27 heavy (non-hydrogen) atoms. The number of nitrogens with zero attached hydrogens (tertiary/aromatic N) is 2. The maximum absolute atomic E-state index is 12.5. The second-order valence-corrected chi connectivity index (χ2v) is 8.10. The molecule has 1 spiro atoms. The minimum Gasteiger partial charge on any atom is -0.369 e. The normalized spacial score (nSPS) is 31.0. The van der Waals surface area contributed by atoms with Gasteiger partial charge in [0.25, 0.3) is 5.91 Å². The van der Waals surface area contributed by atoms with Crippen molar-refractivity contribution in [3.8, 4) is 0 Å². The number of urea groups is 1. The van der Waals surface area contributed by atoms with Crippen molar-refractivity contribution >= 4 is 11.9 Å². The second-order valence-electron chi connectivity index (χ2n) is 8.10. The van der Waals surface area contributed by atoms with Gasteiger partial charge in [0.1, 0.15) is 0 Å². The molecule has 4 heterocycles. The molecule has 0 saturated carbocycles. The van der Waals surface area contributed by atoms with Gasteiger partial charge in [-0.15, -0.1) is 0 Å². The molecule has 3 aliphatic rings. The van der Waals surface area contributed by atoms with Crippen LogP contribution < -0.4 is 10.6 Å². The molecule has 1 aromatic heterocycles. The smallest absolute Gasteiger partial charge is 0.317 e. The van der Waals surface area contributed by atoms with E-state index in [-0.39, 0.29) is 29.6 Å². The third kappa shape index (κ3) is 3.29. The van der Waals surface area contributed by atoms with Crippen LogP contribution in [0.1, 0.15) is 42.1 Å². The SMILES string of the molecule is CCCNC(=O)N1C[C@@H]2[C@H](CNC(=O)c3cncc(C)c3)[C@H]3CC[C@]2(C1)O3. The molecular weight excluding hydrogens is 344 g/mol. The summed E-state index contributed by atoms with van der Waals surface area (Å²) in [5.41, 5.74) is 1.34. The van der Waals surface area contributed by atoms with E-state index in [2.05, 4.69) is 15.6 Å². The van der Waals surface area contributed by atoms with Crippen LogP contribution in [0.3, 0.4) is 0 Å². The molecule has 7 nitrogen and oxygen atoms in total. The van der Waals surface area contributed by atoms with Crippen molar-refractivity contribution < 1.29 is 14.3 Å². The Morgan fingerprint density at radius 3 is 3.00 bits per heavy atom. The fourth-order valence-electron chi connectivity index (χ4n) is 4.95. The van der Waals surface area contributed by atoms with E-state index in [1.807, 2.05) is 24.8 Å². The van der Waals surface area contributed by atoms with E-state index >= 15 is 0 Å². The number of pyridine rings is 1. The highest BCUT2D eigenvalue weighted by molar-refractivity contribution is 5.94. The number of carbonyl (C=O) groups excluding carboxylic acids is 2. The molecule has 3 saturated heterocycles. The minimum atomic E-state index is -0.214. The molecule has 0 radical (unpaired) electrons. The number of fused-ring (bicyclic) bond motifs is 1. The van der Waals surface area contributed by atoms with Crippen molar-refractivity contribution in [1.82, 2.24) is 20.5 Å². The quantitative estimate of drug-likeness (QED) is 0.824. The summed E-state index contributed by atoms with van der Waals surface area (Å²) in [6.45, 7) is 6.61. The van der Waals surface area contributed by atoms with E-state index < -0.39 is 0 Å². The molecule has 2 N–H and O–H groups in total. The average Bonchev–Trinajstić information content (AvgIpc) is 3.32. The van der Waals surface area contributed by atoms with E-state index in [1.165, 1.54) is 0 Å². The number of likely N-dealkylation sites (tertiary alicyclic amines) is 1. The molecule has 0 aromatic carbocycles. The summed E-state index contributed by atoms with van der Waals surface area (Å²) in [6.07, 6.45) is 6.46. The number of hydrogen-bond donors (Lipinski definition) is 2. The fraction of sp³-hybridized carbons (Fsp3) is 0.650. The number of ether oxygens (including phenoxy) is 1. The van der Waals surface area contributed by atoms with Crippen molar-refractivity contribution in [3.05, 3.63) is 29.6 Å². The fourth-order valence-corrected chi connectivity index (χ4v) is 4.95. The van der Waals surface area contributed by atoms with Gasteiger partial charge in [0.2, 0.25) is 0 Å². The third-order valence-electron chi connectivity index (χ3n) is 6.23. The number of aryl methyl sites for hydroxylation is 1. The molecule has 3 fully saturated rings. The lowest BCUT2D eigenvalue weighted by Gasteiger charge is -2.29. The Morgan fingerprint density at radius 1 is 1.37 bits per heavy atom. The van der Waals surface area contributed by atoms with Gasteiger partial charge in [-0.1, -0.05) is 6.92 Å². The van der Waals surface area contributed by atoms with Gasteiger partial charge < -0.3 is 20.3 Å². The Kier molecular flexibility index (Phi) is 4.80. The third-order valence-corrected chi connectivity index (χ3v) is 6.23. The van der Waals surface area contributed by atoms with Crippen LogP contribution in [0.25, 0.3) is 0 Å². The highest BCUT2D eigenvalue weighted by Crippen LogP contribution is 2.54. The van der Waals surface area contributed by atoms with E-state index in [4.69, 9.17) is 4.74 Å². The van der Waals surface area contributed by atoms with Crippen LogP contribution in [0.15, 0.2) is 18.5 Å². The van der Waals surface area contributed by atoms with E-state index in [1.54, 1.807) is 12.4 Å². The van der Waals surface area contributed by atoms with Crippen LogP contribution in [0.2, 0.25) is 0 Å². The Balaban J connectivity index is 1.39. The molecule has 0 aliphatic carbocycles. The molecule has 4 rings (SSSR count). The molecule has 4 atom stereocenters. The number of carbonyl (C=O) groups is 2. The predicted molar refractivity (Wildman–Crippen MR) is 100 cm³/mol. The first kappa shape index (κ1) is 18.2. The van der Waals surface area contributed by atoms with Crippen LogP contribution in [-0.4, -0.2) is 59.7 Å². The van der Waals surface area contributed by atoms with Crippen LogP contribution in [0, 0.1) is 18.8 Å². The monoisotopic (exact) mass is 372 g/mol. The summed E-state index contributed by atoms with van der Waals surface area (Å²) in [7, 11) is 0. The molecule has 2 bridgehead atoms. The summed E-state index contributed by atoms with van der Waals surface area (Å²) in [5, 5.41) is 6.03. The average molecular weight is 372 g/mol. The summed E-state index contributed by atoms with van der Waals surface area (Å²) < 4.78 is 6.35. The lowest BCUT2D eigenvalue weighted by atomic mass is 9.73. The van der Waals surface area contributed by atoms with Crippen molar-refractivity contribution in [2.45, 2.75) is 44.8 Å². The maximum Gasteiger partial charge on any atom is 0.317 e. The Morgan fingerprint density at radius 2 is 2.22 bits per heavy atom. The largest absolute Gasteiger partial charge is 0.369 e. The highest BCUT2D eigenvalue weighted by atomic mass is 16.5. The van der Waals surface area contributed by atoms with Gasteiger partial charge >= 0.3 is 6.03 Å². The standard InChI is InChI=1S/C20H28N4O3/c1-3-6-22-19(26)24-11-16-15(17-4-5-20(16,12-24)27-17)10-23-18(25)14-7-13(2)8-21-9-14/h7-9,15-17H,3-6,10-12H2,1-2H3,(H,22,26)(H,23,25)/t15-,16+,17+,20+/m0/s1. The highest BCUT2D eigenvalue weighted by Gasteiger charge is 2.63. The summed E-state index contributed by atoms with van der Waals surface area (Å²) in [6, 6.07) is 1.84. The molecule has 3 amide bonds. The van der Waals surface area contributed by atoms with Gasteiger partial charge in [-0.2, -0.15) is 0 Å². The number of aromatic nitrogens is 1. The first-order valence-corrected chi connectivity index (χ1v) is 9.93. The van der Waals surface area contributed by atoms with E-state index in [9.17, 15) is 9.59 Å². The van der Waals surface area contributed by atoms with E-state index in [0.29, 0.717) is 37.7 Å². The zero-order valence-electron chi connectivity index (χ0n) is 16.0. The van der Waals surface area contributed by atoms with Crippen molar-refractivity contribution in [2.24, 2.45) is 11.8 Å². The first-order chi connectivity index (χ1) is 13.0. The topological polar surface area (TPSA) is 83.6 Å². The first-order valence-electron chi connectivity index (χ1n) is 9.93. The van der Waals surface area contributed by atoms with Crippen LogP contribution >= 0.6 is 0 Å². The van der Waals surface area contributed by atoms with Gasteiger partial charge in [-0.05, 0) is 37.8 Å². The van der Waals surface area contributed by atoms with Gasteiger partial charge in [-0.25, -0.2) is 4.79 Å². The predicted octanol–water partition coefficient (Wildman–Crippen LogP) is 1.72. The zero-order chi connectivity index (χ0) is 19.0. The summed E-state index contributed by atoms with van der Waals surface area (Å²) in [5.74, 6) is 0.447. The van der Waals surface area contributed by atoms with Crippen molar-refractivity contribution in [3.63, 3.8) is 0 Å². The van der Waals surface area contributed by atoms with Crippen LogP contribution in [0.4, 0.5) is 4.79 Å². The molecule has 7 heteroatoms. The number of rotatable bonds is 5. The molecular formula is C20H28N4O3. The minimum absolute atomic E-state index is 0.00120.